The smallest absolute Gasteiger partial charge is 0.317 e. The number of rotatable bonds is 7. The molecule has 24 heavy (non-hydrogen) atoms. The molecule has 0 saturated carbocycles. The molecule has 1 fully saturated rings. The van der Waals surface area contributed by atoms with Gasteiger partial charge in [0.15, 0.2) is 0 Å². The Morgan fingerprint density at radius 2 is 1.88 bits per heavy atom. The van der Waals surface area contributed by atoms with Crippen LogP contribution in [0.1, 0.15) is 25.7 Å². The number of nitrogens with zero attached hydrogens (tertiary/aromatic N) is 2. The van der Waals surface area contributed by atoms with Crippen molar-refractivity contribution in [2.75, 3.05) is 38.1 Å². The number of carbonyl (C=O) groups is 2. The molecule has 0 bridgehead atoms. The fourth-order valence-corrected chi connectivity index (χ4v) is 2.92. The van der Waals surface area contributed by atoms with Crippen molar-refractivity contribution in [3.05, 3.63) is 30.3 Å². The molecule has 1 aromatic rings. The molecule has 0 unspecified atom stereocenters. The zero-order chi connectivity index (χ0) is 17.4. The summed E-state index contributed by atoms with van der Waals surface area (Å²) in [5, 5.41) is 11.9. The van der Waals surface area contributed by atoms with Gasteiger partial charge in [-0.15, -0.1) is 0 Å². The van der Waals surface area contributed by atoms with Crippen molar-refractivity contribution in [2.24, 2.45) is 5.92 Å². The number of piperidine rings is 1. The standard InChI is InChI=1S/C18H27N3O3/c1-20(16-7-3-2-4-8-16)12-6-5-11-19-18(24)21-13-9-15(10-14-21)17(22)23/h2-4,7-8,15H,5-6,9-14H2,1H3,(H,19,24)(H,22,23). The summed E-state index contributed by atoms with van der Waals surface area (Å²) in [5.74, 6) is -1.06. The maximum atomic E-state index is 12.1. The fourth-order valence-electron chi connectivity index (χ4n) is 2.92. The number of para-hydroxylation sites is 1. The number of carboxylic acid groups (broad SMARTS) is 1. The molecule has 1 heterocycles. The summed E-state index contributed by atoms with van der Waals surface area (Å²) in [4.78, 5) is 26.9. The molecule has 132 valence electrons. The number of amides is 2. The Hall–Kier alpha value is -2.24. The second-order valence-electron chi connectivity index (χ2n) is 6.30. The summed E-state index contributed by atoms with van der Waals surface area (Å²) >= 11 is 0. The Bertz CT molecular complexity index is 528. The normalized spacial score (nSPS) is 15.1. The van der Waals surface area contributed by atoms with Gasteiger partial charge in [0.05, 0.1) is 5.92 Å². The van der Waals surface area contributed by atoms with Gasteiger partial charge in [-0.25, -0.2) is 4.79 Å². The van der Waals surface area contributed by atoms with E-state index in [0.29, 0.717) is 32.5 Å². The van der Waals surface area contributed by atoms with Crippen LogP contribution in [0.5, 0.6) is 0 Å². The van der Waals surface area contributed by atoms with Crippen molar-refractivity contribution in [3.8, 4) is 0 Å². The van der Waals surface area contributed by atoms with Gasteiger partial charge in [-0.1, -0.05) is 18.2 Å². The van der Waals surface area contributed by atoms with Gasteiger partial charge in [-0.2, -0.15) is 0 Å². The molecule has 2 N–H and O–H groups in total. The highest BCUT2D eigenvalue weighted by Crippen LogP contribution is 2.17. The highest BCUT2D eigenvalue weighted by Gasteiger charge is 2.26. The topological polar surface area (TPSA) is 72.9 Å². The second-order valence-corrected chi connectivity index (χ2v) is 6.30. The van der Waals surface area contributed by atoms with E-state index in [9.17, 15) is 9.59 Å². The molecule has 1 aromatic carbocycles. The first kappa shape index (κ1) is 18.1. The lowest BCUT2D eigenvalue weighted by molar-refractivity contribution is -0.143. The van der Waals surface area contributed by atoms with Gasteiger partial charge < -0.3 is 20.2 Å². The van der Waals surface area contributed by atoms with Crippen molar-refractivity contribution >= 4 is 17.7 Å². The Kier molecular flexibility index (Phi) is 6.90. The first-order valence-corrected chi connectivity index (χ1v) is 8.59. The number of carboxylic acids is 1. The molecule has 1 aliphatic rings. The molecule has 0 radical (unpaired) electrons. The molecule has 1 saturated heterocycles. The molecular weight excluding hydrogens is 306 g/mol. The van der Waals surface area contributed by atoms with Crippen LogP contribution in [-0.2, 0) is 4.79 Å². The Morgan fingerprint density at radius 1 is 1.21 bits per heavy atom. The highest BCUT2D eigenvalue weighted by molar-refractivity contribution is 5.75. The third-order valence-corrected chi connectivity index (χ3v) is 4.52. The molecular formula is C18H27N3O3. The number of urea groups is 1. The van der Waals surface area contributed by atoms with Crippen LogP contribution >= 0.6 is 0 Å². The van der Waals surface area contributed by atoms with E-state index in [0.717, 1.165) is 19.4 Å². The van der Waals surface area contributed by atoms with Crippen LogP contribution in [0.4, 0.5) is 10.5 Å². The quantitative estimate of drug-likeness (QED) is 0.752. The van der Waals surface area contributed by atoms with Crippen LogP contribution in [0.2, 0.25) is 0 Å². The number of aliphatic carboxylic acids is 1. The molecule has 0 atom stereocenters. The zero-order valence-electron chi connectivity index (χ0n) is 14.3. The first-order valence-electron chi connectivity index (χ1n) is 8.59. The Labute approximate surface area is 143 Å². The minimum atomic E-state index is -0.752. The number of hydrogen-bond donors (Lipinski definition) is 2. The summed E-state index contributed by atoms with van der Waals surface area (Å²) in [7, 11) is 2.07. The van der Waals surface area contributed by atoms with Crippen LogP contribution in [0.3, 0.4) is 0 Å². The third-order valence-electron chi connectivity index (χ3n) is 4.52. The first-order chi connectivity index (χ1) is 11.6. The number of likely N-dealkylation sites (tertiary alicyclic amines) is 1. The van der Waals surface area contributed by atoms with Crippen molar-refractivity contribution < 1.29 is 14.7 Å². The van der Waals surface area contributed by atoms with E-state index in [4.69, 9.17) is 5.11 Å². The SMILES string of the molecule is CN(CCCCNC(=O)N1CCC(C(=O)O)CC1)c1ccccc1. The molecule has 2 rings (SSSR count). The van der Waals surface area contributed by atoms with Gasteiger partial charge in [-0.3, -0.25) is 4.79 Å². The van der Waals surface area contributed by atoms with E-state index in [2.05, 4.69) is 29.4 Å². The van der Waals surface area contributed by atoms with E-state index in [1.165, 1.54) is 5.69 Å². The summed E-state index contributed by atoms with van der Waals surface area (Å²) in [6.45, 7) is 2.66. The summed E-state index contributed by atoms with van der Waals surface area (Å²) in [5.41, 5.74) is 1.20. The minimum Gasteiger partial charge on any atom is -0.481 e. The van der Waals surface area contributed by atoms with Crippen molar-refractivity contribution in [1.82, 2.24) is 10.2 Å². The molecule has 0 aromatic heterocycles. The summed E-state index contributed by atoms with van der Waals surface area (Å²) in [6.07, 6.45) is 3.02. The van der Waals surface area contributed by atoms with Crippen LogP contribution < -0.4 is 10.2 Å². The van der Waals surface area contributed by atoms with E-state index >= 15 is 0 Å². The molecule has 1 aliphatic heterocycles. The van der Waals surface area contributed by atoms with Crippen molar-refractivity contribution in [1.29, 1.82) is 0 Å². The van der Waals surface area contributed by atoms with Gasteiger partial charge in [0.25, 0.3) is 0 Å². The minimum absolute atomic E-state index is 0.0738. The van der Waals surface area contributed by atoms with Crippen molar-refractivity contribution in [2.45, 2.75) is 25.7 Å². The number of nitrogens with one attached hydrogen (secondary N) is 1. The Morgan fingerprint density at radius 3 is 2.50 bits per heavy atom. The monoisotopic (exact) mass is 333 g/mol. The van der Waals surface area contributed by atoms with E-state index in [1.54, 1.807) is 4.90 Å². The van der Waals surface area contributed by atoms with Crippen LogP contribution in [0, 0.1) is 5.92 Å². The third kappa shape index (κ3) is 5.44. The zero-order valence-corrected chi connectivity index (χ0v) is 14.3. The van der Waals surface area contributed by atoms with Gasteiger partial charge in [0.1, 0.15) is 0 Å². The molecule has 0 spiro atoms. The highest BCUT2D eigenvalue weighted by atomic mass is 16.4. The largest absolute Gasteiger partial charge is 0.481 e. The van der Waals surface area contributed by atoms with Crippen LogP contribution in [0.25, 0.3) is 0 Å². The Balaban J connectivity index is 1.57. The van der Waals surface area contributed by atoms with Crippen LogP contribution in [0.15, 0.2) is 30.3 Å². The maximum absolute atomic E-state index is 12.1. The van der Waals surface area contributed by atoms with Gasteiger partial charge in [0.2, 0.25) is 0 Å². The van der Waals surface area contributed by atoms with Crippen molar-refractivity contribution in [3.63, 3.8) is 0 Å². The summed E-state index contributed by atoms with van der Waals surface area (Å²) < 4.78 is 0. The molecule has 0 aliphatic carbocycles. The predicted octanol–water partition coefficient (Wildman–Crippen LogP) is 2.41. The molecule has 2 amide bonds. The lowest BCUT2D eigenvalue weighted by Crippen LogP contribution is -2.45. The maximum Gasteiger partial charge on any atom is 0.317 e. The number of anilines is 1. The number of hydrogen-bond acceptors (Lipinski definition) is 3. The van der Waals surface area contributed by atoms with E-state index in [-0.39, 0.29) is 11.9 Å². The number of carbonyl (C=O) groups excluding carboxylic acids is 1. The van der Waals surface area contributed by atoms with E-state index < -0.39 is 5.97 Å². The predicted molar refractivity (Wildman–Crippen MR) is 94.3 cm³/mol. The average Bonchev–Trinajstić information content (AvgIpc) is 2.62. The summed E-state index contributed by atoms with van der Waals surface area (Å²) in [6, 6.07) is 10.2. The number of benzene rings is 1. The second kappa shape index (κ2) is 9.15. The average molecular weight is 333 g/mol. The van der Waals surface area contributed by atoms with Crippen LogP contribution in [-0.4, -0.2) is 55.2 Å². The number of unbranched alkanes of at least 4 members (excludes halogenated alkanes) is 1. The lowest BCUT2D eigenvalue weighted by Gasteiger charge is -2.30. The van der Waals surface area contributed by atoms with Gasteiger partial charge >= 0.3 is 12.0 Å². The van der Waals surface area contributed by atoms with Gasteiger partial charge in [0, 0.05) is 38.9 Å². The molecule has 6 nitrogen and oxygen atoms in total. The van der Waals surface area contributed by atoms with E-state index in [1.807, 2.05) is 18.2 Å². The van der Waals surface area contributed by atoms with Gasteiger partial charge in [-0.05, 0) is 37.8 Å². The fraction of sp³-hybridized carbons (Fsp3) is 0.556. The molecule has 6 heteroatoms. The lowest BCUT2D eigenvalue weighted by atomic mass is 9.97.